The Kier molecular flexibility index (Phi) is 3.54. The van der Waals surface area contributed by atoms with Crippen molar-refractivity contribution in [2.24, 2.45) is 0 Å². The van der Waals surface area contributed by atoms with Gasteiger partial charge in [-0.15, -0.1) is 0 Å². The molecule has 0 radical (unpaired) electrons. The lowest BCUT2D eigenvalue weighted by molar-refractivity contribution is -0.145. The predicted octanol–water partition coefficient (Wildman–Crippen LogP) is 4.78. The van der Waals surface area contributed by atoms with Gasteiger partial charge in [0.05, 0.1) is 5.03 Å². The van der Waals surface area contributed by atoms with Gasteiger partial charge in [-0.3, -0.25) is 0 Å². The van der Waals surface area contributed by atoms with Gasteiger partial charge in [0, 0.05) is 17.0 Å². The molecule has 0 aliphatic heterocycles. The van der Waals surface area contributed by atoms with E-state index >= 15 is 0 Å². The highest BCUT2D eigenvalue weighted by atomic mass is 35.5. The molecular formula is C13H7ClF3N3S. The Hall–Kier alpha value is -1.73. The highest BCUT2D eigenvalue weighted by molar-refractivity contribution is 7.99. The Morgan fingerprint density at radius 2 is 1.86 bits per heavy atom. The Bertz CT molecular complexity index is 768. The summed E-state index contributed by atoms with van der Waals surface area (Å²) in [7, 11) is 0. The van der Waals surface area contributed by atoms with Crippen LogP contribution in [0.1, 0.15) is 5.82 Å². The van der Waals surface area contributed by atoms with Gasteiger partial charge in [0.1, 0.15) is 10.2 Å². The van der Waals surface area contributed by atoms with Crippen LogP contribution in [-0.4, -0.2) is 15.0 Å². The number of fused-ring (bicyclic) bond motifs is 1. The van der Waals surface area contributed by atoms with E-state index in [9.17, 15) is 13.2 Å². The van der Waals surface area contributed by atoms with Crippen molar-refractivity contribution in [3.63, 3.8) is 0 Å². The summed E-state index contributed by atoms with van der Waals surface area (Å²) in [5, 5.41) is 1.54. The second-order valence-corrected chi connectivity index (χ2v) is 5.62. The quantitative estimate of drug-likeness (QED) is 0.688. The molecule has 1 aromatic carbocycles. The minimum Gasteiger partial charge on any atom is -0.349 e. The van der Waals surface area contributed by atoms with Crippen molar-refractivity contribution < 1.29 is 13.2 Å². The van der Waals surface area contributed by atoms with Crippen LogP contribution in [0, 0.1) is 0 Å². The third-order valence-electron chi connectivity index (χ3n) is 2.64. The van der Waals surface area contributed by atoms with E-state index in [0.717, 1.165) is 22.7 Å². The molecule has 108 valence electrons. The number of aromatic amines is 1. The zero-order chi connectivity index (χ0) is 15.0. The van der Waals surface area contributed by atoms with Crippen LogP contribution < -0.4 is 0 Å². The van der Waals surface area contributed by atoms with Gasteiger partial charge in [-0.05, 0) is 12.1 Å². The van der Waals surface area contributed by atoms with E-state index in [1.54, 1.807) is 0 Å². The van der Waals surface area contributed by atoms with Gasteiger partial charge >= 0.3 is 6.18 Å². The molecule has 21 heavy (non-hydrogen) atoms. The molecule has 3 nitrogen and oxygen atoms in total. The number of benzene rings is 1. The average molecular weight is 330 g/mol. The Morgan fingerprint density at radius 3 is 2.57 bits per heavy atom. The predicted molar refractivity (Wildman–Crippen MR) is 74.5 cm³/mol. The van der Waals surface area contributed by atoms with Gasteiger partial charge in [-0.25, -0.2) is 9.97 Å². The largest absolute Gasteiger partial charge is 0.451 e. The van der Waals surface area contributed by atoms with Crippen LogP contribution in [0.3, 0.4) is 0 Å². The molecule has 0 aliphatic carbocycles. The van der Waals surface area contributed by atoms with Crippen molar-refractivity contribution >= 4 is 34.3 Å². The number of para-hydroxylation sites is 1. The lowest BCUT2D eigenvalue weighted by atomic mass is 10.3. The molecule has 1 N–H and O–H groups in total. The van der Waals surface area contributed by atoms with E-state index in [1.165, 1.54) is 6.07 Å². The van der Waals surface area contributed by atoms with E-state index in [4.69, 9.17) is 11.6 Å². The van der Waals surface area contributed by atoms with Crippen molar-refractivity contribution in [2.45, 2.75) is 16.2 Å². The van der Waals surface area contributed by atoms with Crippen LogP contribution in [0.4, 0.5) is 13.2 Å². The molecule has 0 unspecified atom stereocenters. The number of aromatic nitrogens is 3. The second-order valence-electron chi connectivity index (χ2n) is 4.17. The molecule has 0 amide bonds. The van der Waals surface area contributed by atoms with E-state index in [0.29, 0.717) is 5.03 Å². The van der Waals surface area contributed by atoms with Crippen molar-refractivity contribution in [1.82, 2.24) is 15.0 Å². The molecule has 3 aromatic rings. The molecular weight excluding hydrogens is 323 g/mol. The molecule has 3 rings (SSSR count). The topological polar surface area (TPSA) is 41.6 Å². The van der Waals surface area contributed by atoms with Crippen molar-refractivity contribution in [3.05, 3.63) is 47.4 Å². The maximum atomic E-state index is 12.7. The number of rotatable bonds is 2. The first-order valence-electron chi connectivity index (χ1n) is 5.79. The normalized spacial score (nSPS) is 12.0. The number of H-pyrrole nitrogens is 1. The van der Waals surface area contributed by atoms with Crippen LogP contribution in [0.25, 0.3) is 10.9 Å². The number of alkyl halides is 3. The smallest absolute Gasteiger partial charge is 0.349 e. The average Bonchev–Trinajstić information content (AvgIpc) is 2.79. The fourth-order valence-electron chi connectivity index (χ4n) is 1.79. The van der Waals surface area contributed by atoms with Crippen molar-refractivity contribution in [2.75, 3.05) is 0 Å². The van der Waals surface area contributed by atoms with Crippen LogP contribution in [0.5, 0.6) is 0 Å². The first-order chi connectivity index (χ1) is 9.91. The second kappa shape index (κ2) is 5.23. The van der Waals surface area contributed by atoms with Gasteiger partial charge in [0.25, 0.3) is 0 Å². The number of nitrogens with zero attached hydrogens (tertiary/aromatic N) is 2. The number of nitrogens with one attached hydrogen (secondary N) is 1. The Labute approximate surface area is 126 Å². The molecule has 0 spiro atoms. The summed E-state index contributed by atoms with van der Waals surface area (Å²) in [5.41, 5.74) is 0.899. The van der Waals surface area contributed by atoms with Crippen molar-refractivity contribution in [3.8, 4) is 0 Å². The molecule has 0 bridgehead atoms. The van der Waals surface area contributed by atoms with Gasteiger partial charge in [0.15, 0.2) is 0 Å². The molecule has 0 aliphatic rings. The first-order valence-corrected chi connectivity index (χ1v) is 6.99. The minimum absolute atomic E-state index is 0.133. The molecule has 8 heteroatoms. The van der Waals surface area contributed by atoms with Crippen LogP contribution >= 0.6 is 23.4 Å². The summed E-state index contributed by atoms with van der Waals surface area (Å²) < 4.78 is 38.0. The summed E-state index contributed by atoms with van der Waals surface area (Å²) in [6, 6.07) is 10.7. The van der Waals surface area contributed by atoms with E-state index in [2.05, 4.69) is 15.0 Å². The maximum Gasteiger partial charge on any atom is 0.451 e. The zero-order valence-corrected chi connectivity index (χ0v) is 11.9. The SMILES string of the molecule is FC(F)(F)c1nc(Cl)cc(Sc2cc3ccccc3[nH]2)n1. The number of hydrogen-bond acceptors (Lipinski definition) is 3. The van der Waals surface area contributed by atoms with E-state index in [1.807, 2.05) is 30.3 Å². The van der Waals surface area contributed by atoms with Crippen LogP contribution in [0.2, 0.25) is 5.15 Å². The minimum atomic E-state index is -4.62. The van der Waals surface area contributed by atoms with Gasteiger partial charge in [0.2, 0.25) is 5.82 Å². The fraction of sp³-hybridized carbons (Fsp3) is 0.0769. The monoisotopic (exact) mass is 329 g/mol. The third kappa shape index (κ3) is 3.14. The number of halogens is 4. The molecule has 0 saturated heterocycles. The van der Waals surface area contributed by atoms with Crippen molar-refractivity contribution in [1.29, 1.82) is 0 Å². The summed E-state index contributed by atoms with van der Waals surface area (Å²) in [6.07, 6.45) is -4.62. The van der Waals surface area contributed by atoms with Gasteiger partial charge in [-0.1, -0.05) is 41.6 Å². The lowest BCUT2D eigenvalue weighted by Crippen LogP contribution is -2.11. The zero-order valence-electron chi connectivity index (χ0n) is 10.3. The molecule has 2 heterocycles. The Morgan fingerprint density at radius 1 is 1.10 bits per heavy atom. The summed E-state index contributed by atoms with van der Waals surface area (Å²) in [5.74, 6) is -1.24. The highest BCUT2D eigenvalue weighted by Gasteiger charge is 2.35. The standard InChI is InChI=1S/C13H7ClF3N3S/c14-9-6-11(20-12(19-9)13(15,16)17)21-10-5-7-3-1-2-4-8(7)18-10/h1-6,18H. The summed E-state index contributed by atoms with van der Waals surface area (Å²) in [4.78, 5) is 9.79. The highest BCUT2D eigenvalue weighted by Crippen LogP contribution is 2.33. The first kappa shape index (κ1) is 14.2. The lowest BCUT2D eigenvalue weighted by Gasteiger charge is -2.06. The fourth-order valence-corrected chi connectivity index (χ4v) is 2.91. The third-order valence-corrected chi connectivity index (χ3v) is 3.70. The molecule has 0 saturated carbocycles. The van der Waals surface area contributed by atoms with E-state index in [-0.39, 0.29) is 10.2 Å². The molecule has 0 atom stereocenters. The van der Waals surface area contributed by atoms with Crippen LogP contribution in [0.15, 0.2) is 46.5 Å². The Balaban J connectivity index is 1.95. The summed E-state index contributed by atoms with van der Waals surface area (Å²) in [6.45, 7) is 0. The maximum absolute atomic E-state index is 12.7. The van der Waals surface area contributed by atoms with E-state index < -0.39 is 12.0 Å². The van der Waals surface area contributed by atoms with Crippen LogP contribution in [-0.2, 0) is 6.18 Å². The number of hydrogen-bond donors (Lipinski definition) is 1. The van der Waals surface area contributed by atoms with Gasteiger partial charge in [-0.2, -0.15) is 13.2 Å². The summed E-state index contributed by atoms with van der Waals surface area (Å²) >= 11 is 6.69. The molecule has 0 fully saturated rings. The molecule has 2 aromatic heterocycles. The van der Waals surface area contributed by atoms with Gasteiger partial charge < -0.3 is 4.98 Å².